The summed E-state index contributed by atoms with van der Waals surface area (Å²) in [5.41, 5.74) is 1.63. The molecule has 5 nitrogen and oxygen atoms in total. The van der Waals surface area contributed by atoms with Gasteiger partial charge < -0.3 is 10.6 Å². The molecule has 1 aromatic carbocycles. The van der Waals surface area contributed by atoms with E-state index in [0.29, 0.717) is 17.5 Å². The van der Waals surface area contributed by atoms with E-state index < -0.39 is 11.9 Å². The second-order valence-electron chi connectivity index (χ2n) is 7.36. The molecule has 1 aliphatic rings. The third-order valence-electron chi connectivity index (χ3n) is 5.13. The Kier molecular flexibility index (Phi) is 10.5. The van der Waals surface area contributed by atoms with Crippen molar-refractivity contribution in [1.82, 2.24) is 20.5 Å². The molecule has 3 rings (SSSR count). The van der Waals surface area contributed by atoms with Crippen LogP contribution in [0.1, 0.15) is 47.5 Å². The predicted octanol–water partition coefficient (Wildman–Crippen LogP) is 5.02. The Morgan fingerprint density at radius 2 is 1.71 bits per heavy atom. The van der Waals surface area contributed by atoms with Gasteiger partial charge in [0.25, 0.3) is 0 Å². The number of likely N-dealkylation sites (tertiary alicyclic amines) is 1. The summed E-state index contributed by atoms with van der Waals surface area (Å²) >= 11 is 0.985. The van der Waals surface area contributed by atoms with Gasteiger partial charge in [-0.3, -0.25) is 9.89 Å². The highest BCUT2D eigenvalue weighted by molar-refractivity contribution is 14.0. The second kappa shape index (κ2) is 12.6. The van der Waals surface area contributed by atoms with Crippen molar-refractivity contribution in [3.05, 3.63) is 51.5 Å². The van der Waals surface area contributed by atoms with Crippen LogP contribution >= 0.6 is 35.3 Å². The average molecular weight is 567 g/mol. The molecule has 1 aliphatic heterocycles. The maximum Gasteiger partial charge on any atom is 0.434 e. The fourth-order valence-electron chi connectivity index (χ4n) is 3.50. The number of benzene rings is 1. The number of nitrogens with zero attached hydrogens (tertiary/aromatic N) is 3. The van der Waals surface area contributed by atoms with E-state index in [1.807, 2.05) is 6.07 Å². The van der Waals surface area contributed by atoms with Gasteiger partial charge in [-0.25, -0.2) is 4.98 Å². The number of hydrogen-bond donors (Lipinski definition) is 2. The van der Waals surface area contributed by atoms with Crippen LogP contribution in [0.2, 0.25) is 0 Å². The van der Waals surface area contributed by atoms with Crippen LogP contribution in [-0.4, -0.2) is 36.0 Å². The molecule has 0 radical (unpaired) electrons. The number of alkyl halides is 3. The summed E-state index contributed by atoms with van der Waals surface area (Å²) in [6.45, 7) is 3.99. The number of nitrogens with one attached hydrogen (secondary N) is 2. The highest BCUT2D eigenvalue weighted by Crippen LogP contribution is 2.29. The third-order valence-corrected chi connectivity index (χ3v) is 5.98. The summed E-state index contributed by atoms with van der Waals surface area (Å²) in [6, 6.07) is 8.34. The maximum absolute atomic E-state index is 12.7. The number of guanidine groups is 1. The minimum atomic E-state index is -4.41. The van der Waals surface area contributed by atoms with Crippen molar-refractivity contribution in [2.75, 3.05) is 20.1 Å². The zero-order chi connectivity index (χ0) is 21.4. The second-order valence-corrected chi connectivity index (χ2v) is 8.31. The Morgan fingerprint density at radius 1 is 1.06 bits per heavy atom. The Morgan fingerprint density at radius 3 is 2.32 bits per heavy atom. The molecule has 0 saturated carbocycles. The standard InChI is InChI=1S/C21H28F3N5S.HI/c1-25-20(27-13-19-28-18(15-30-19)21(22,23)24)26-12-16-8-4-5-9-17(16)14-29-10-6-2-3-7-11-29;/h4-5,8-9,15H,2-3,6-7,10-14H2,1H3,(H2,25,26,27);1H. The lowest BCUT2D eigenvalue weighted by molar-refractivity contribution is -0.140. The van der Waals surface area contributed by atoms with Crippen molar-refractivity contribution in [2.24, 2.45) is 4.99 Å². The van der Waals surface area contributed by atoms with Gasteiger partial charge in [0.1, 0.15) is 5.01 Å². The average Bonchev–Trinajstić information content (AvgIpc) is 3.07. The number of aliphatic imine (C=N–C) groups is 1. The summed E-state index contributed by atoms with van der Waals surface area (Å²) in [7, 11) is 1.64. The molecule has 1 fully saturated rings. The molecule has 0 spiro atoms. The zero-order valence-corrected chi connectivity index (χ0v) is 20.7. The quantitative estimate of drug-likeness (QED) is 0.293. The highest BCUT2D eigenvalue weighted by Gasteiger charge is 2.33. The van der Waals surface area contributed by atoms with Gasteiger partial charge in [-0.15, -0.1) is 35.3 Å². The molecule has 2 heterocycles. The van der Waals surface area contributed by atoms with Crippen LogP contribution in [0.4, 0.5) is 13.2 Å². The van der Waals surface area contributed by atoms with Crippen LogP contribution in [-0.2, 0) is 25.8 Å². The van der Waals surface area contributed by atoms with Crippen molar-refractivity contribution in [1.29, 1.82) is 0 Å². The van der Waals surface area contributed by atoms with E-state index in [1.165, 1.54) is 36.8 Å². The normalized spacial score (nSPS) is 15.8. The molecule has 0 bridgehead atoms. The van der Waals surface area contributed by atoms with Crippen LogP contribution in [0, 0.1) is 0 Å². The molecule has 172 valence electrons. The molecule has 1 saturated heterocycles. The summed E-state index contributed by atoms with van der Waals surface area (Å²) in [4.78, 5) is 10.3. The van der Waals surface area contributed by atoms with Crippen molar-refractivity contribution >= 4 is 41.3 Å². The van der Waals surface area contributed by atoms with Crippen LogP contribution < -0.4 is 10.6 Å². The maximum atomic E-state index is 12.7. The first-order chi connectivity index (χ1) is 14.5. The van der Waals surface area contributed by atoms with Gasteiger partial charge in [-0.2, -0.15) is 13.2 Å². The first kappa shape index (κ1) is 25.9. The zero-order valence-electron chi connectivity index (χ0n) is 17.5. The van der Waals surface area contributed by atoms with Gasteiger partial charge in [0.05, 0.1) is 6.54 Å². The fraction of sp³-hybridized carbons (Fsp3) is 0.524. The summed E-state index contributed by atoms with van der Waals surface area (Å²) in [5, 5.41) is 7.70. The van der Waals surface area contributed by atoms with Crippen molar-refractivity contribution in [3.63, 3.8) is 0 Å². The van der Waals surface area contributed by atoms with Gasteiger partial charge in [-0.05, 0) is 37.1 Å². The number of rotatable bonds is 6. The van der Waals surface area contributed by atoms with E-state index in [9.17, 15) is 13.2 Å². The molecule has 1 aromatic heterocycles. The molecule has 10 heteroatoms. The fourth-order valence-corrected chi connectivity index (χ4v) is 4.24. The van der Waals surface area contributed by atoms with E-state index in [1.54, 1.807) is 7.05 Å². The molecule has 0 unspecified atom stereocenters. The van der Waals surface area contributed by atoms with E-state index in [0.717, 1.165) is 36.4 Å². The Balaban J connectivity index is 0.00000341. The molecule has 0 amide bonds. The van der Waals surface area contributed by atoms with Crippen molar-refractivity contribution < 1.29 is 13.2 Å². The monoisotopic (exact) mass is 567 g/mol. The molecule has 31 heavy (non-hydrogen) atoms. The number of hydrogen-bond acceptors (Lipinski definition) is 4. The summed E-state index contributed by atoms with van der Waals surface area (Å²) in [5.74, 6) is 0.531. The largest absolute Gasteiger partial charge is 0.434 e. The molecule has 0 aliphatic carbocycles. The van der Waals surface area contributed by atoms with Crippen molar-refractivity contribution in [2.45, 2.75) is 51.5 Å². The first-order valence-electron chi connectivity index (χ1n) is 10.2. The minimum Gasteiger partial charge on any atom is -0.352 e. The number of halogens is 4. The van der Waals surface area contributed by atoms with Gasteiger partial charge in [0.15, 0.2) is 11.7 Å². The van der Waals surface area contributed by atoms with Crippen molar-refractivity contribution in [3.8, 4) is 0 Å². The Bertz CT molecular complexity index is 832. The topological polar surface area (TPSA) is 52.6 Å². The summed E-state index contributed by atoms with van der Waals surface area (Å²) in [6.07, 6.45) is 0.718. The lowest BCUT2D eigenvalue weighted by Gasteiger charge is -2.22. The van der Waals surface area contributed by atoms with Crippen LogP contribution in [0.5, 0.6) is 0 Å². The molecule has 2 aromatic rings. The lowest BCUT2D eigenvalue weighted by Crippen LogP contribution is -2.36. The molecule has 2 N–H and O–H groups in total. The molecule has 0 atom stereocenters. The SMILES string of the molecule is CN=C(NCc1nc(C(F)(F)F)cs1)NCc1ccccc1CN1CCCCCC1.I. The van der Waals surface area contributed by atoms with E-state index >= 15 is 0 Å². The van der Waals surface area contributed by atoms with E-state index in [2.05, 4.69) is 43.7 Å². The molecular weight excluding hydrogens is 538 g/mol. The highest BCUT2D eigenvalue weighted by atomic mass is 127. The summed E-state index contributed by atoms with van der Waals surface area (Å²) < 4.78 is 38.1. The van der Waals surface area contributed by atoms with Gasteiger partial charge >= 0.3 is 6.18 Å². The predicted molar refractivity (Wildman–Crippen MR) is 130 cm³/mol. The number of thiazole rings is 1. The lowest BCUT2D eigenvalue weighted by atomic mass is 10.1. The Hall–Kier alpha value is -1.40. The first-order valence-corrected chi connectivity index (χ1v) is 11.1. The van der Waals surface area contributed by atoms with E-state index in [-0.39, 0.29) is 30.5 Å². The van der Waals surface area contributed by atoms with Crippen LogP contribution in [0.15, 0.2) is 34.6 Å². The van der Waals surface area contributed by atoms with Crippen LogP contribution in [0.3, 0.4) is 0 Å². The number of aromatic nitrogens is 1. The Labute approximate surface area is 202 Å². The van der Waals surface area contributed by atoms with Crippen LogP contribution in [0.25, 0.3) is 0 Å². The van der Waals surface area contributed by atoms with Gasteiger partial charge in [-0.1, -0.05) is 37.1 Å². The van der Waals surface area contributed by atoms with Gasteiger partial charge in [0, 0.05) is 25.5 Å². The smallest absolute Gasteiger partial charge is 0.352 e. The third kappa shape index (κ3) is 8.23. The van der Waals surface area contributed by atoms with Gasteiger partial charge in [0.2, 0.25) is 0 Å². The minimum absolute atomic E-state index is 0. The molecular formula is C21H29F3IN5S. The van der Waals surface area contributed by atoms with E-state index in [4.69, 9.17) is 0 Å².